The smallest absolute Gasteiger partial charge is 0.223 e. The van der Waals surface area contributed by atoms with Crippen LogP contribution >= 0.6 is 0 Å². The molecule has 0 saturated heterocycles. The summed E-state index contributed by atoms with van der Waals surface area (Å²) in [7, 11) is 1.81. The van der Waals surface area contributed by atoms with Gasteiger partial charge in [-0.15, -0.1) is 0 Å². The Labute approximate surface area is 118 Å². The number of carbonyl (C=O) groups is 1. The van der Waals surface area contributed by atoms with Gasteiger partial charge in [0.25, 0.3) is 0 Å². The molecule has 1 amide bonds. The molecule has 0 heterocycles. The fraction of sp³-hybridized carbons (Fsp3) is 0.688. The monoisotopic (exact) mass is 265 g/mol. The first-order valence-electron chi connectivity index (χ1n) is 6.94. The van der Waals surface area contributed by atoms with Crippen molar-refractivity contribution in [2.75, 3.05) is 20.2 Å². The third-order valence-corrected chi connectivity index (χ3v) is 2.52. The van der Waals surface area contributed by atoms with Crippen molar-refractivity contribution >= 4 is 5.91 Å². The van der Waals surface area contributed by atoms with E-state index in [1.165, 1.54) is 0 Å². The Morgan fingerprint density at radius 1 is 1.32 bits per heavy atom. The molecule has 0 atom stereocenters. The molecule has 0 unspecified atom stereocenters. The Kier molecular flexibility index (Phi) is 9.70. The van der Waals surface area contributed by atoms with Crippen LogP contribution in [-0.4, -0.2) is 31.0 Å². The summed E-state index contributed by atoms with van der Waals surface area (Å²) in [5.41, 5.74) is 0. The van der Waals surface area contributed by atoms with Crippen LogP contribution in [0.25, 0.3) is 0 Å². The fourth-order valence-electron chi connectivity index (χ4n) is 1.45. The van der Waals surface area contributed by atoms with Crippen molar-refractivity contribution in [3.8, 4) is 11.8 Å². The highest BCUT2D eigenvalue weighted by Gasteiger charge is 2.06. The molecular weight excluding hydrogens is 238 g/mol. The van der Waals surface area contributed by atoms with E-state index in [2.05, 4.69) is 18.4 Å². The molecule has 0 N–H and O–H groups in total. The predicted molar refractivity (Wildman–Crippen MR) is 79.5 cm³/mol. The van der Waals surface area contributed by atoms with Crippen LogP contribution in [0.3, 0.4) is 0 Å². The van der Waals surface area contributed by atoms with E-state index in [1.54, 1.807) is 4.90 Å². The van der Waals surface area contributed by atoms with Gasteiger partial charge in [-0.1, -0.05) is 32.3 Å². The molecule has 0 spiro atoms. The minimum atomic E-state index is 0.166. The van der Waals surface area contributed by atoms with Gasteiger partial charge in [-0.25, -0.2) is 0 Å². The van der Waals surface area contributed by atoms with Gasteiger partial charge >= 0.3 is 0 Å². The van der Waals surface area contributed by atoms with Gasteiger partial charge in [0.15, 0.2) is 0 Å². The van der Waals surface area contributed by atoms with E-state index in [1.807, 2.05) is 27.8 Å². The number of unbranched alkanes of at least 4 members (excludes halogenated alkanes) is 2. The minimum absolute atomic E-state index is 0.166. The van der Waals surface area contributed by atoms with Gasteiger partial charge in [-0.2, -0.15) is 0 Å². The van der Waals surface area contributed by atoms with Crippen LogP contribution in [0.15, 0.2) is 12.3 Å². The molecule has 0 aliphatic rings. The van der Waals surface area contributed by atoms with Crippen LogP contribution in [0, 0.1) is 17.8 Å². The van der Waals surface area contributed by atoms with Crippen molar-refractivity contribution < 1.29 is 9.53 Å². The summed E-state index contributed by atoms with van der Waals surface area (Å²) in [5.74, 6) is 7.34. The molecule has 0 fully saturated rings. The SMILES string of the molecule is C=C(C)OCCCCCC(=O)N(C)CC#CC(C)C. The summed E-state index contributed by atoms with van der Waals surface area (Å²) < 4.78 is 5.26. The van der Waals surface area contributed by atoms with E-state index in [9.17, 15) is 4.79 Å². The zero-order valence-electron chi connectivity index (χ0n) is 12.8. The van der Waals surface area contributed by atoms with E-state index in [4.69, 9.17) is 4.74 Å². The van der Waals surface area contributed by atoms with Crippen molar-refractivity contribution in [1.29, 1.82) is 0 Å². The molecule has 0 aromatic carbocycles. The Balaban J connectivity index is 3.63. The molecule has 108 valence electrons. The molecule has 0 aliphatic heterocycles. The maximum Gasteiger partial charge on any atom is 0.223 e. The van der Waals surface area contributed by atoms with Gasteiger partial charge in [-0.3, -0.25) is 4.79 Å². The summed E-state index contributed by atoms with van der Waals surface area (Å²) in [6.45, 7) is 10.8. The highest BCUT2D eigenvalue weighted by Crippen LogP contribution is 2.04. The lowest BCUT2D eigenvalue weighted by molar-refractivity contribution is -0.129. The molecule has 0 radical (unpaired) electrons. The van der Waals surface area contributed by atoms with Crippen molar-refractivity contribution in [3.05, 3.63) is 12.3 Å². The molecule has 0 rings (SSSR count). The van der Waals surface area contributed by atoms with Gasteiger partial charge in [0.1, 0.15) is 0 Å². The quantitative estimate of drug-likeness (QED) is 0.383. The number of hydrogen-bond acceptors (Lipinski definition) is 2. The first-order valence-corrected chi connectivity index (χ1v) is 6.94. The Morgan fingerprint density at radius 3 is 2.58 bits per heavy atom. The Morgan fingerprint density at radius 2 is 2.00 bits per heavy atom. The summed E-state index contributed by atoms with van der Waals surface area (Å²) in [5, 5.41) is 0. The van der Waals surface area contributed by atoms with Gasteiger partial charge in [-0.05, 0) is 26.2 Å². The molecule has 0 aromatic rings. The lowest BCUT2D eigenvalue weighted by Gasteiger charge is -2.13. The molecule has 0 aromatic heterocycles. The predicted octanol–water partition coefficient (Wildman–Crippen LogP) is 3.21. The van der Waals surface area contributed by atoms with E-state index >= 15 is 0 Å². The number of rotatable bonds is 8. The number of allylic oxidation sites excluding steroid dienone is 1. The van der Waals surface area contributed by atoms with Gasteiger partial charge in [0, 0.05) is 19.4 Å². The zero-order chi connectivity index (χ0) is 14.7. The Hall–Kier alpha value is -1.43. The molecule has 3 heteroatoms. The van der Waals surface area contributed by atoms with Crippen LogP contribution in [0.2, 0.25) is 0 Å². The van der Waals surface area contributed by atoms with Crippen LogP contribution in [0.5, 0.6) is 0 Å². The minimum Gasteiger partial charge on any atom is -0.499 e. The second-order valence-electron chi connectivity index (χ2n) is 5.09. The van der Waals surface area contributed by atoms with Crippen LogP contribution < -0.4 is 0 Å². The fourth-order valence-corrected chi connectivity index (χ4v) is 1.45. The number of carbonyl (C=O) groups excluding carboxylic acids is 1. The van der Waals surface area contributed by atoms with Crippen LogP contribution in [0.1, 0.15) is 46.5 Å². The average Bonchev–Trinajstić information content (AvgIpc) is 2.32. The molecule has 3 nitrogen and oxygen atoms in total. The molecule has 0 saturated carbocycles. The van der Waals surface area contributed by atoms with Gasteiger partial charge < -0.3 is 9.64 Å². The summed E-state index contributed by atoms with van der Waals surface area (Å²) in [6.07, 6.45) is 3.47. The third kappa shape index (κ3) is 11.4. The van der Waals surface area contributed by atoms with E-state index in [0.29, 0.717) is 25.5 Å². The number of nitrogens with zero attached hydrogens (tertiary/aromatic N) is 1. The molecular formula is C16H27NO2. The number of hydrogen-bond donors (Lipinski definition) is 0. The number of amides is 1. The molecule has 0 aliphatic carbocycles. The average molecular weight is 265 g/mol. The first kappa shape index (κ1) is 17.6. The summed E-state index contributed by atoms with van der Waals surface area (Å²) in [4.78, 5) is 13.5. The van der Waals surface area contributed by atoms with E-state index in [-0.39, 0.29) is 5.91 Å². The topological polar surface area (TPSA) is 29.5 Å². The summed E-state index contributed by atoms with van der Waals surface area (Å²) in [6, 6.07) is 0. The highest BCUT2D eigenvalue weighted by molar-refractivity contribution is 5.76. The van der Waals surface area contributed by atoms with Crippen molar-refractivity contribution in [3.63, 3.8) is 0 Å². The third-order valence-electron chi connectivity index (χ3n) is 2.52. The second-order valence-corrected chi connectivity index (χ2v) is 5.09. The van der Waals surface area contributed by atoms with Gasteiger partial charge in [0.2, 0.25) is 5.91 Å². The van der Waals surface area contributed by atoms with E-state index < -0.39 is 0 Å². The first-order chi connectivity index (χ1) is 8.93. The van der Waals surface area contributed by atoms with Gasteiger partial charge in [0.05, 0.1) is 18.9 Å². The molecule has 19 heavy (non-hydrogen) atoms. The number of ether oxygens (including phenoxy) is 1. The lowest BCUT2D eigenvalue weighted by atomic mass is 10.2. The normalized spacial score (nSPS) is 9.74. The van der Waals surface area contributed by atoms with E-state index in [0.717, 1.165) is 25.0 Å². The maximum atomic E-state index is 11.8. The zero-order valence-corrected chi connectivity index (χ0v) is 12.8. The largest absolute Gasteiger partial charge is 0.499 e. The second kappa shape index (κ2) is 10.5. The van der Waals surface area contributed by atoms with Crippen LogP contribution in [-0.2, 0) is 9.53 Å². The van der Waals surface area contributed by atoms with Crippen molar-refractivity contribution in [1.82, 2.24) is 4.90 Å². The van der Waals surface area contributed by atoms with Crippen molar-refractivity contribution in [2.24, 2.45) is 5.92 Å². The molecule has 0 bridgehead atoms. The highest BCUT2D eigenvalue weighted by atomic mass is 16.5. The maximum absolute atomic E-state index is 11.8. The lowest BCUT2D eigenvalue weighted by Crippen LogP contribution is -2.26. The van der Waals surface area contributed by atoms with Crippen molar-refractivity contribution in [2.45, 2.75) is 46.5 Å². The Bertz CT molecular complexity index is 336. The van der Waals surface area contributed by atoms with Crippen LogP contribution in [0.4, 0.5) is 0 Å². The summed E-state index contributed by atoms with van der Waals surface area (Å²) >= 11 is 0. The standard InChI is InChI=1S/C16H27NO2/c1-14(2)10-9-12-17(5)16(18)11-7-6-8-13-19-15(3)4/h14H,3,6-8,11-13H2,1-2,4-5H3.